The predicted octanol–water partition coefficient (Wildman–Crippen LogP) is 10.6. The average Bonchev–Trinajstić information content (AvgIpc) is 3.00. The van der Waals surface area contributed by atoms with E-state index in [-0.39, 0.29) is 12.3 Å². The van der Waals surface area contributed by atoms with E-state index in [1.165, 1.54) is 122 Å². The number of aliphatic hydroxyl groups is 1. The highest BCUT2D eigenvalue weighted by molar-refractivity contribution is 7.85. The van der Waals surface area contributed by atoms with E-state index in [1.54, 1.807) is 6.08 Å². The number of carbonyl (C=O) groups is 1. The first kappa shape index (κ1) is 43.6. The molecule has 2 atom stereocenters. The summed E-state index contributed by atoms with van der Waals surface area (Å²) in [5.74, 6) is -1.01. The Balaban J connectivity index is 3.76. The molecule has 3 N–H and O–H groups in total. The quantitative estimate of drug-likeness (QED) is 0.0371. The number of unbranched alkanes of at least 4 members (excludes halogenated alkanes) is 21. The summed E-state index contributed by atoms with van der Waals surface area (Å²) in [6, 6.07) is -1.07. The van der Waals surface area contributed by atoms with E-state index in [4.69, 9.17) is 0 Å². The van der Waals surface area contributed by atoms with Crippen LogP contribution in [0.5, 0.6) is 0 Å². The van der Waals surface area contributed by atoms with Gasteiger partial charge in [0.15, 0.2) is 0 Å². The lowest BCUT2D eigenvalue weighted by Gasteiger charge is -2.21. The Hall–Kier alpha value is -1.44. The van der Waals surface area contributed by atoms with E-state index in [2.05, 4.69) is 43.5 Å². The fourth-order valence-corrected chi connectivity index (χ4v) is 6.20. The summed E-state index contributed by atoms with van der Waals surface area (Å²) in [6.45, 7) is 4.39. The van der Waals surface area contributed by atoms with Crippen molar-refractivity contribution in [3.63, 3.8) is 0 Å². The van der Waals surface area contributed by atoms with Gasteiger partial charge < -0.3 is 10.4 Å². The first-order valence-corrected chi connectivity index (χ1v) is 20.3. The molecule has 0 saturated heterocycles. The Kier molecular flexibility index (Phi) is 31.5. The fraction of sp³-hybridized carbons (Fsp3) is 0.816. The molecule has 0 spiro atoms. The number of allylic oxidation sites excluding steroid dienone is 5. The Bertz CT molecular complexity index is 852. The number of aliphatic hydroxyl groups excluding tert-OH is 1. The van der Waals surface area contributed by atoms with Crippen LogP contribution in [0.3, 0.4) is 0 Å². The number of hydrogen-bond donors (Lipinski definition) is 3. The van der Waals surface area contributed by atoms with Gasteiger partial charge in [0.25, 0.3) is 10.1 Å². The van der Waals surface area contributed by atoms with Gasteiger partial charge in [0.1, 0.15) is 0 Å². The van der Waals surface area contributed by atoms with E-state index in [0.717, 1.165) is 38.5 Å². The number of nitrogens with one attached hydrogen (secondary N) is 1. The Morgan fingerprint density at radius 3 is 1.49 bits per heavy atom. The van der Waals surface area contributed by atoms with Gasteiger partial charge in [0.05, 0.1) is 17.9 Å². The molecule has 0 aromatic rings. The number of amides is 1. The van der Waals surface area contributed by atoms with Crippen LogP contribution in [0.1, 0.15) is 181 Å². The molecule has 0 rings (SSSR count). The van der Waals surface area contributed by atoms with Crippen LogP contribution in [-0.4, -0.2) is 41.9 Å². The molecule has 0 saturated carbocycles. The number of hydrogen-bond acceptors (Lipinski definition) is 4. The highest BCUT2D eigenvalue weighted by Gasteiger charge is 2.24. The van der Waals surface area contributed by atoms with E-state index < -0.39 is 28.0 Å². The van der Waals surface area contributed by atoms with E-state index in [1.807, 2.05) is 0 Å². The Labute approximate surface area is 278 Å². The summed E-state index contributed by atoms with van der Waals surface area (Å²) in [5.41, 5.74) is 0. The van der Waals surface area contributed by atoms with Crippen LogP contribution in [-0.2, 0) is 14.9 Å². The second-order valence-corrected chi connectivity index (χ2v) is 14.3. The van der Waals surface area contributed by atoms with Gasteiger partial charge in [-0.1, -0.05) is 159 Å². The number of carbonyl (C=O) groups excluding carboxylic acids is 1. The smallest absolute Gasteiger partial charge is 0.267 e. The molecule has 6 nitrogen and oxygen atoms in total. The maximum Gasteiger partial charge on any atom is 0.267 e. The van der Waals surface area contributed by atoms with Gasteiger partial charge in [0.2, 0.25) is 5.91 Å². The van der Waals surface area contributed by atoms with E-state index >= 15 is 0 Å². The monoisotopic (exact) mass is 654 g/mol. The van der Waals surface area contributed by atoms with Gasteiger partial charge in [-0.05, 0) is 51.4 Å². The van der Waals surface area contributed by atoms with Crippen molar-refractivity contribution in [1.82, 2.24) is 5.32 Å². The summed E-state index contributed by atoms with van der Waals surface area (Å²) in [5, 5.41) is 13.0. The molecule has 2 unspecified atom stereocenters. The maximum atomic E-state index is 12.4. The van der Waals surface area contributed by atoms with Crippen molar-refractivity contribution in [2.75, 3.05) is 5.75 Å². The average molecular weight is 654 g/mol. The summed E-state index contributed by atoms with van der Waals surface area (Å²) in [4.78, 5) is 12.4. The minimum Gasteiger partial charge on any atom is -0.387 e. The largest absolute Gasteiger partial charge is 0.387 e. The lowest BCUT2D eigenvalue weighted by molar-refractivity contribution is -0.122. The second kappa shape index (κ2) is 32.5. The van der Waals surface area contributed by atoms with E-state index in [9.17, 15) is 22.9 Å². The van der Waals surface area contributed by atoms with Gasteiger partial charge in [0, 0.05) is 6.42 Å². The SMILES string of the molecule is CCC/C=C/CC/C=C/C(O)C(CS(=O)(=O)O)NC(=O)CCCCCCCCCCCCC/C=C\CCCCCCCCCC. The van der Waals surface area contributed by atoms with Crippen molar-refractivity contribution in [3.8, 4) is 0 Å². The molecule has 0 aromatic heterocycles. The predicted molar refractivity (Wildman–Crippen MR) is 193 cm³/mol. The van der Waals surface area contributed by atoms with Crippen molar-refractivity contribution < 1.29 is 22.9 Å². The lowest BCUT2D eigenvalue weighted by Crippen LogP contribution is -2.46. The third-order valence-electron chi connectivity index (χ3n) is 8.27. The molecule has 0 bridgehead atoms. The summed E-state index contributed by atoms with van der Waals surface area (Å²) >= 11 is 0. The molecule has 0 fully saturated rings. The third-order valence-corrected chi connectivity index (χ3v) is 9.05. The van der Waals surface area contributed by atoms with Crippen LogP contribution in [0, 0.1) is 0 Å². The topological polar surface area (TPSA) is 104 Å². The third kappa shape index (κ3) is 33.7. The Morgan fingerprint density at radius 2 is 1.00 bits per heavy atom. The van der Waals surface area contributed by atoms with Crippen molar-refractivity contribution in [3.05, 3.63) is 36.5 Å². The standard InChI is InChI=1S/C38H71NO5S/c1-3-5-7-9-11-12-13-14-15-16-17-18-19-20-21-22-23-24-25-26-28-30-32-34-38(41)39-36(35-45(42,43)44)37(40)33-31-29-27-10-8-6-4-2/h8,10,16-17,31,33,36-37,40H,3-7,9,11-15,18-30,32,34-35H2,1-2H3,(H,39,41)(H,42,43,44)/b10-8+,17-16-,33-31+. The second-order valence-electron chi connectivity index (χ2n) is 12.8. The van der Waals surface area contributed by atoms with Gasteiger partial charge >= 0.3 is 0 Å². The van der Waals surface area contributed by atoms with Crippen LogP contribution in [0.2, 0.25) is 0 Å². The highest BCUT2D eigenvalue weighted by atomic mass is 32.2. The minimum atomic E-state index is -4.34. The van der Waals surface area contributed by atoms with Gasteiger partial charge in [-0.25, -0.2) is 0 Å². The van der Waals surface area contributed by atoms with E-state index in [0.29, 0.717) is 6.42 Å². The molecule has 0 aliphatic heterocycles. The van der Waals surface area contributed by atoms with Crippen LogP contribution < -0.4 is 5.32 Å². The van der Waals surface area contributed by atoms with Gasteiger partial charge in [-0.15, -0.1) is 0 Å². The fourth-order valence-electron chi connectivity index (χ4n) is 5.47. The number of rotatable bonds is 33. The van der Waals surface area contributed by atoms with Crippen LogP contribution >= 0.6 is 0 Å². The molecule has 0 radical (unpaired) electrons. The molecule has 7 heteroatoms. The first-order chi connectivity index (χ1) is 21.8. The summed E-state index contributed by atoms with van der Waals surface area (Å²) in [6.07, 6.45) is 41.7. The van der Waals surface area contributed by atoms with Crippen molar-refractivity contribution in [2.45, 2.75) is 193 Å². The normalized spacial score (nSPS) is 13.8. The molecular weight excluding hydrogens is 582 g/mol. The molecule has 0 heterocycles. The zero-order valence-electron chi connectivity index (χ0n) is 29.2. The lowest BCUT2D eigenvalue weighted by atomic mass is 10.0. The van der Waals surface area contributed by atoms with Crippen molar-refractivity contribution >= 4 is 16.0 Å². The molecule has 264 valence electrons. The van der Waals surface area contributed by atoms with Crippen molar-refractivity contribution in [2.24, 2.45) is 0 Å². The molecule has 1 amide bonds. The van der Waals surface area contributed by atoms with Crippen LogP contribution in [0.25, 0.3) is 0 Å². The maximum absolute atomic E-state index is 12.4. The molecule has 0 aliphatic rings. The molecule has 0 aliphatic carbocycles. The van der Waals surface area contributed by atoms with Crippen LogP contribution in [0.4, 0.5) is 0 Å². The first-order valence-electron chi connectivity index (χ1n) is 18.7. The summed E-state index contributed by atoms with van der Waals surface area (Å²) < 4.78 is 32.1. The van der Waals surface area contributed by atoms with Crippen molar-refractivity contribution in [1.29, 1.82) is 0 Å². The molecule has 0 aromatic carbocycles. The zero-order valence-corrected chi connectivity index (χ0v) is 30.1. The van der Waals surface area contributed by atoms with Crippen LogP contribution in [0.15, 0.2) is 36.5 Å². The van der Waals surface area contributed by atoms with Gasteiger partial charge in [-0.2, -0.15) is 8.42 Å². The molecular formula is C38H71NO5S. The summed E-state index contributed by atoms with van der Waals surface area (Å²) in [7, 11) is -4.34. The molecule has 45 heavy (non-hydrogen) atoms. The Morgan fingerprint density at radius 1 is 0.578 bits per heavy atom. The minimum absolute atomic E-state index is 0.287. The zero-order chi connectivity index (χ0) is 33.3. The van der Waals surface area contributed by atoms with Gasteiger partial charge in [-0.3, -0.25) is 9.35 Å². The highest BCUT2D eigenvalue weighted by Crippen LogP contribution is 2.14.